The summed E-state index contributed by atoms with van der Waals surface area (Å²) in [5.74, 6) is 0. The molecule has 7 heteroatoms. The summed E-state index contributed by atoms with van der Waals surface area (Å²) in [6, 6.07) is 31.1. The second-order valence-corrected chi connectivity index (χ2v) is 8.31. The lowest BCUT2D eigenvalue weighted by molar-refractivity contribution is 0.261. The van der Waals surface area contributed by atoms with Gasteiger partial charge in [0.2, 0.25) is 0 Å². The molecule has 0 aromatic heterocycles. The van der Waals surface area contributed by atoms with Gasteiger partial charge in [0, 0.05) is 16.5 Å². The maximum atomic E-state index is 12.6. The fraction of sp³-hybridized carbons (Fsp3) is 0. The van der Waals surface area contributed by atoms with Gasteiger partial charge in [-0.3, -0.25) is 0 Å². The third-order valence-corrected chi connectivity index (χ3v) is 5.86. The first-order valence-corrected chi connectivity index (χ1v) is 11.4. The minimum Gasteiger partial charge on any atom is -0.308 e. The number of rotatable bonds is 4. The van der Waals surface area contributed by atoms with Crippen LogP contribution in [0.5, 0.6) is 0 Å². The highest BCUT2D eigenvalue weighted by Crippen LogP contribution is 2.28. The Morgan fingerprint density at radius 3 is 1.57 bits per heavy atom. The highest BCUT2D eigenvalue weighted by Gasteiger charge is 2.11. The molecule has 6 nitrogen and oxygen atoms in total. The number of halogens is 1. The van der Waals surface area contributed by atoms with E-state index in [1.165, 1.54) is 0 Å². The van der Waals surface area contributed by atoms with Crippen molar-refractivity contribution >= 4 is 68.0 Å². The van der Waals surface area contributed by atoms with E-state index < -0.39 is 12.1 Å². The van der Waals surface area contributed by atoms with Crippen molar-refractivity contribution in [2.45, 2.75) is 0 Å². The molecule has 5 aromatic rings. The average molecular weight is 481 g/mol. The van der Waals surface area contributed by atoms with Gasteiger partial charge in [0.15, 0.2) is 0 Å². The van der Waals surface area contributed by atoms with Gasteiger partial charge in [0.25, 0.3) is 0 Å². The monoisotopic (exact) mass is 480 g/mol. The van der Waals surface area contributed by atoms with Crippen molar-refractivity contribution in [3.63, 3.8) is 0 Å². The summed E-state index contributed by atoms with van der Waals surface area (Å²) in [6.45, 7) is 0. The minimum absolute atomic E-state index is 0.293. The van der Waals surface area contributed by atoms with Crippen LogP contribution in [0.3, 0.4) is 0 Å². The fourth-order valence-corrected chi connectivity index (χ4v) is 4.15. The molecule has 0 atom stereocenters. The van der Waals surface area contributed by atoms with Gasteiger partial charge in [-0.15, -0.1) is 0 Å². The third kappa shape index (κ3) is 5.03. The average Bonchev–Trinajstić information content (AvgIpc) is 2.86. The third-order valence-electron chi connectivity index (χ3n) is 5.55. The Morgan fingerprint density at radius 1 is 0.514 bits per heavy atom. The van der Waals surface area contributed by atoms with Crippen molar-refractivity contribution in [1.29, 1.82) is 0 Å². The highest BCUT2D eigenvalue weighted by molar-refractivity contribution is 6.34. The molecule has 0 bridgehead atoms. The van der Waals surface area contributed by atoms with E-state index in [0.29, 0.717) is 27.8 Å². The van der Waals surface area contributed by atoms with Crippen molar-refractivity contribution in [3.8, 4) is 0 Å². The number of nitrogens with one attached hydrogen (secondary N) is 4. The van der Waals surface area contributed by atoms with Gasteiger partial charge in [-0.05, 0) is 41.1 Å². The number of hydrogen-bond donors (Lipinski definition) is 4. The van der Waals surface area contributed by atoms with Gasteiger partial charge < -0.3 is 21.3 Å². The molecule has 0 fully saturated rings. The first-order chi connectivity index (χ1) is 17.1. The number of carbonyl (C=O) groups is 2. The van der Waals surface area contributed by atoms with Crippen LogP contribution < -0.4 is 21.3 Å². The van der Waals surface area contributed by atoms with E-state index in [0.717, 1.165) is 21.5 Å². The number of hydrogen-bond acceptors (Lipinski definition) is 2. The number of urea groups is 2. The van der Waals surface area contributed by atoms with Crippen LogP contribution in [0.15, 0.2) is 103 Å². The summed E-state index contributed by atoms with van der Waals surface area (Å²) in [6.07, 6.45) is 0. The van der Waals surface area contributed by atoms with Gasteiger partial charge in [0.1, 0.15) is 0 Å². The predicted octanol–water partition coefficient (Wildman–Crippen LogP) is 7.93. The molecule has 0 saturated heterocycles. The van der Waals surface area contributed by atoms with Gasteiger partial charge in [-0.25, -0.2) is 9.59 Å². The number of anilines is 4. The SMILES string of the molecule is O=C(Nc1ccc(NC(=O)Nc2cccc3ccccc23)c(Cl)c1)Nc1cccc2ccccc12. The van der Waals surface area contributed by atoms with Crippen LogP contribution in [0.25, 0.3) is 21.5 Å². The summed E-state index contributed by atoms with van der Waals surface area (Å²) < 4.78 is 0. The zero-order chi connectivity index (χ0) is 24.2. The lowest BCUT2D eigenvalue weighted by Crippen LogP contribution is -2.21. The Balaban J connectivity index is 1.24. The zero-order valence-electron chi connectivity index (χ0n) is 18.5. The highest BCUT2D eigenvalue weighted by atomic mass is 35.5. The second-order valence-electron chi connectivity index (χ2n) is 7.91. The van der Waals surface area contributed by atoms with E-state index in [9.17, 15) is 9.59 Å². The Bertz CT molecular complexity index is 1560. The van der Waals surface area contributed by atoms with Crippen LogP contribution in [-0.2, 0) is 0 Å². The Kier molecular flexibility index (Phi) is 6.20. The number of fused-ring (bicyclic) bond motifs is 2. The first kappa shape index (κ1) is 22.3. The molecule has 0 radical (unpaired) electrons. The van der Waals surface area contributed by atoms with Crippen molar-refractivity contribution < 1.29 is 9.59 Å². The van der Waals surface area contributed by atoms with Crippen LogP contribution in [0.1, 0.15) is 0 Å². The van der Waals surface area contributed by atoms with Crippen molar-refractivity contribution in [2.24, 2.45) is 0 Å². The van der Waals surface area contributed by atoms with Gasteiger partial charge in [0.05, 0.1) is 22.1 Å². The van der Waals surface area contributed by atoms with Crippen molar-refractivity contribution in [1.82, 2.24) is 0 Å². The zero-order valence-corrected chi connectivity index (χ0v) is 19.3. The first-order valence-electron chi connectivity index (χ1n) is 11.0. The Labute approximate surface area is 206 Å². The second kappa shape index (κ2) is 9.75. The lowest BCUT2D eigenvalue weighted by atomic mass is 10.1. The van der Waals surface area contributed by atoms with E-state index in [2.05, 4.69) is 21.3 Å². The number of amides is 4. The molecule has 35 heavy (non-hydrogen) atoms. The molecular formula is C28H21ClN4O2. The van der Waals surface area contributed by atoms with E-state index >= 15 is 0 Å². The molecule has 4 amide bonds. The molecule has 5 aromatic carbocycles. The molecule has 0 unspecified atom stereocenters. The van der Waals surface area contributed by atoms with E-state index in [1.54, 1.807) is 18.2 Å². The fourth-order valence-electron chi connectivity index (χ4n) is 3.92. The molecular weight excluding hydrogens is 460 g/mol. The summed E-state index contributed by atoms with van der Waals surface area (Å²) in [4.78, 5) is 25.2. The molecule has 0 saturated carbocycles. The molecule has 0 aliphatic rings. The molecule has 172 valence electrons. The lowest BCUT2D eigenvalue weighted by Gasteiger charge is -2.13. The standard InChI is InChI=1S/C28H21ClN4O2/c29-23-17-20(30-27(34)31-24-13-5-9-18-7-1-3-11-21(18)24)15-16-26(23)33-28(35)32-25-14-6-10-19-8-2-4-12-22(19)25/h1-17H,(H2,30,31,34)(H2,32,33,35). The van der Waals surface area contributed by atoms with Crippen LogP contribution in [0, 0.1) is 0 Å². The van der Waals surface area contributed by atoms with Crippen LogP contribution in [0.2, 0.25) is 5.02 Å². The maximum absolute atomic E-state index is 12.6. The minimum atomic E-state index is -0.419. The molecule has 0 heterocycles. The number of benzene rings is 5. The van der Waals surface area contributed by atoms with Crippen LogP contribution in [-0.4, -0.2) is 12.1 Å². The van der Waals surface area contributed by atoms with Crippen molar-refractivity contribution in [3.05, 3.63) is 108 Å². The van der Waals surface area contributed by atoms with Crippen molar-refractivity contribution in [2.75, 3.05) is 21.3 Å². The number of carbonyl (C=O) groups excluding carboxylic acids is 2. The Morgan fingerprint density at radius 2 is 1.00 bits per heavy atom. The summed E-state index contributed by atoms with van der Waals surface area (Å²) >= 11 is 6.38. The molecule has 0 aliphatic heterocycles. The molecule has 0 aliphatic carbocycles. The normalized spacial score (nSPS) is 10.7. The summed E-state index contributed by atoms with van der Waals surface area (Å²) in [5, 5.41) is 15.5. The topological polar surface area (TPSA) is 82.3 Å². The molecule has 5 rings (SSSR count). The van der Waals surface area contributed by atoms with E-state index in [4.69, 9.17) is 11.6 Å². The smallest absolute Gasteiger partial charge is 0.308 e. The van der Waals surface area contributed by atoms with E-state index in [-0.39, 0.29) is 0 Å². The van der Waals surface area contributed by atoms with Gasteiger partial charge >= 0.3 is 12.1 Å². The van der Waals surface area contributed by atoms with Gasteiger partial charge in [-0.2, -0.15) is 0 Å². The largest absolute Gasteiger partial charge is 0.323 e. The van der Waals surface area contributed by atoms with Crippen LogP contribution in [0.4, 0.5) is 32.3 Å². The summed E-state index contributed by atoms with van der Waals surface area (Å²) in [7, 11) is 0. The molecule has 0 spiro atoms. The maximum Gasteiger partial charge on any atom is 0.323 e. The van der Waals surface area contributed by atoms with E-state index in [1.807, 2.05) is 84.9 Å². The van der Waals surface area contributed by atoms with Gasteiger partial charge in [-0.1, -0.05) is 84.4 Å². The molecule has 4 N–H and O–H groups in total. The Hall–Kier alpha value is -4.55. The summed E-state index contributed by atoms with van der Waals surface area (Å²) in [5.41, 5.74) is 2.31. The quantitative estimate of drug-likeness (QED) is 0.210. The van der Waals surface area contributed by atoms with Crippen LogP contribution >= 0.6 is 11.6 Å². The predicted molar refractivity (Wildman–Crippen MR) is 145 cm³/mol.